The van der Waals surface area contributed by atoms with Crippen LogP contribution in [-0.4, -0.2) is 12.1 Å². The Kier molecular flexibility index (Phi) is 6.26. The summed E-state index contributed by atoms with van der Waals surface area (Å²) in [4.78, 5) is 11.5. The summed E-state index contributed by atoms with van der Waals surface area (Å²) in [7, 11) is 0. The molecule has 18 heavy (non-hydrogen) atoms. The molecule has 0 aliphatic carbocycles. The Labute approximate surface area is 110 Å². The third kappa shape index (κ3) is 6.28. The lowest BCUT2D eigenvalue weighted by atomic mass is 10.0. The summed E-state index contributed by atoms with van der Waals surface area (Å²) in [5, 5.41) is 2.84. The molecule has 0 aromatic heterocycles. The SMILES string of the molecule is CC(C)CCC(C)NC(=O)OCc1ccccc1. The van der Waals surface area contributed by atoms with Crippen molar-refractivity contribution >= 4 is 6.09 Å². The van der Waals surface area contributed by atoms with E-state index < -0.39 is 0 Å². The Hall–Kier alpha value is -1.51. The molecular weight excluding hydrogens is 226 g/mol. The molecule has 100 valence electrons. The van der Waals surface area contributed by atoms with Crippen LogP contribution >= 0.6 is 0 Å². The zero-order valence-corrected chi connectivity index (χ0v) is 11.5. The number of nitrogens with one attached hydrogen (secondary N) is 1. The van der Waals surface area contributed by atoms with Crippen molar-refractivity contribution in [1.82, 2.24) is 5.32 Å². The van der Waals surface area contributed by atoms with Gasteiger partial charge >= 0.3 is 6.09 Å². The standard InChI is InChI=1S/C15H23NO2/c1-12(2)9-10-13(3)16-15(17)18-11-14-7-5-4-6-8-14/h4-8,12-13H,9-11H2,1-3H3,(H,16,17). The van der Waals surface area contributed by atoms with E-state index >= 15 is 0 Å². The van der Waals surface area contributed by atoms with E-state index in [1.54, 1.807) is 0 Å². The molecule has 0 fully saturated rings. The Balaban J connectivity index is 2.21. The molecule has 3 nitrogen and oxygen atoms in total. The van der Waals surface area contributed by atoms with Crippen molar-refractivity contribution in [1.29, 1.82) is 0 Å². The van der Waals surface area contributed by atoms with Crippen LogP contribution in [0.15, 0.2) is 30.3 Å². The van der Waals surface area contributed by atoms with E-state index in [0.29, 0.717) is 12.5 Å². The lowest BCUT2D eigenvalue weighted by Gasteiger charge is -2.15. The third-order valence-electron chi connectivity index (χ3n) is 2.75. The largest absolute Gasteiger partial charge is 0.445 e. The summed E-state index contributed by atoms with van der Waals surface area (Å²) < 4.78 is 5.16. The molecule has 1 N–H and O–H groups in total. The quantitative estimate of drug-likeness (QED) is 0.834. The van der Waals surface area contributed by atoms with Crippen molar-refractivity contribution in [2.45, 2.75) is 46.3 Å². The molecule has 0 saturated carbocycles. The maximum atomic E-state index is 11.5. The molecule has 0 saturated heterocycles. The first-order valence-electron chi connectivity index (χ1n) is 6.55. The molecule has 0 aliphatic rings. The third-order valence-corrected chi connectivity index (χ3v) is 2.75. The number of carbonyl (C=O) groups excluding carboxylic acids is 1. The average molecular weight is 249 g/mol. The minimum absolute atomic E-state index is 0.163. The molecular formula is C15H23NO2. The van der Waals surface area contributed by atoms with Gasteiger partial charge in [-0.2, -0.15) is 0 Å². The predicted octanol–water partition coefficient (Wildman–Crippen LogP) is 3.74. The van der Waals surface area contributed by atoms with Crippen molar-refractivity contribution in [2.24, 2.45) is 5.92 Å². The lowest BCUT2D eigenvalue weighted by Crippen LogP contribution is -2.33. The van der Waals surface area contributed by atoms with E-state index in [-0.39, 0.29) is 12.1 Å². The van der Waals surface area contributed by atoms with Crippen LogP contribution in [0.3, 0.4) is 0 Å². The van der Waals surface area contributed by atoms with Crippen LogP contribution in [0.1, 0.15) is 39.2 Å². The first-order chi connectivity index (χ1) is 8.58. The van der Waals surface area contributed by atoms with Crippen LogP contribution in [0, 0.1) is 5.92 Å². The summed E-state index contributed by atoms with van der Waals surface area (Å²) in [5.74, 6) is 0.662. The van der Waals surface area contributed by atoms with Crippen molar-refractivity contribution in [3.8, 4) is 0 Å². The zero-order valence-electron chi connectivity index (χ0n) is 11.5. The van der Waals surface area contributed by atoms with Crippen LogP contribution in [-0.2, 0) is 11.3 Å². The number of hydrogen-bond acceptors (Lipinski definition) is 2. The summed E-state index contributed by atoms with van der Waals surface area (Å²) in [6.45, 7) is 6.69. The van der Waals surface area contributed by atoms with Gasteiger partial charge in [-0.1, -0.05) is 44.2 Å². The van der Waals surface area contributed by atoms with E-state index in [1.165, 1.54) is 0 Å². The number of rotatable bonds is 6. The maximum Gasteiger partial charge on any atom is 0.407 e. The molecule has 0 spiro atoms. The van der Waals surface area contributed by atoms with Crippen LogP contribution < -0.4 is 5.32 Å². The number of benzene rings is 1. The molecule has 1 rings (SSSR count). The smallest absolute Gasteiger partial charge is 0.407 e. The van der Waals surface area contributed by atoms with Gasteiger partial charge in [0, 0.05) is 6.04 Å². The molecule has 0 aliphatic heterocycles. The first kappa shape index (κ1) is 14.6. The molecule has 1 atom stereocenters. The molecule has 1 amide bonds. The van der Waals surface area contributed by atoms with E-state index in [9.17, 15) is 4.79 Å². The van der Waals surface area contributed by atoms with Crippen LogP contribution in [0.25, 0.3) is 0 Å². The van der Waals surface area contributed by atoms with Gasteiger partial charge in [0.1, 0.15) is 6.61 Å². The van der Waals surface area contributed by atoms with Gasteiger partial charge in [0.05, 0.1) is 0 Å². The van der Waals surface area contributed by atoms with Crippen molar-refractivity contribution < 1.29 is 9.53 Å². The highest BCUT2D eigenvalue weighted by atomic mass is 16.5. The Morgan fingerprint density at radius 1 is 1.17 bits per heavy atom. The second kappa shape index (κ2) is 7.75. The van der Waals surface area contributed by atoms with Gasteiger partial charge in [0.15, 0.2) is 0 Å². The topological polar surface area (TPSA) is 38.3 Å². The minimum atomic E-state index is -0.338. The molecule has 0 radical (unpaired) electrons. The average Bonchev–Trinajstić information content (AvgIpc) is 2.35. The van der Waals surface area contributed by atoms with Gasteiger partial charge in [0.2, 0.25) is 0 Å². The number of amides is 1. The summed E-state index contributed by atoms with van der Waals surface area (Å²) in [6.07, 6.45) is 1.76. The fourth-order valence-corrected chi connectivity index (χ4v) is 1.62. The number of ether oxygens (including phenoxy) is 1. The minimum Gasteiger partial charge on any atom is -0.445 e. The predicted molar refractivity (Wildman–Crippen MR) is 73.3 cm³/mol. The molecule has 0 heterocycles. The second-order valence-corrected chi connectivity index (χ2v) is 5.08. The Morgan fingerprint density at radius 2 is 1.83 bits per heavy atom. The van der Waals surface area contributed by atoms with Gasteiger partial charge < -0.3 is 10.1 Å². The van der Waals surface area contributed by atoms with Crippen LogP contribution in [0.5, 0.6) is 0 Å². The van der Waals surface area contributed by atoms with Gasteiger partial charge in [-0.3, -0.25) is 0 Å². The monoisotopic (exact) mass is 249 g/mol. The van der Waals surface area contributed by atoms with E-state index in [0.717, 1.165) is 18.4 Å². The summed E-state index contributed by atoms with van der Waals surface area (Å²) in [6, 6.07) is 9.85. The van der Waals surface area contributed by atoms with Crippen LogP contribution in [0.4, 0.5) is 4.79 Å². The highest BCUT2D eigenvalue weighted by Gasteiger charge is 2.08. The van der Waals surface area contributed by atoms with E-state index in [1.807, 2.05) is 37.3 Å². The normalized spacial score (nSPS) is 12.2. The molecule has 1 unspecified atom stereocenters. The number of hydrogen-bond donors (Lipinski definition) is 1. The molecule has 1 aromatic rings. The Bertz CT molecular complexity index is 349. The number of alkyl carbamates (subject to hydrolysis) is 1. The van der Waals surface area contributed by atoms with Crippen molar-refractivity contribution in [3.05, 3.63) is 35.9 Å². The fraction of sp³-hybridized carbons (Fsp3) is 0.533. The highest BCUT2D eigenvalue weighted by molar-refractivity contribution is 5.67. The first-order valence-corrected chi connectivity index (χ1v) is 6.55. The van der Waals surface area contributed by atoms with E-state index in [2.05, 4.69) is 19.2 Å². The van der Waals surface area contributed by atoms with Gasteiger partial charge in [0.25, 0.3) is 0 Å². The fourth-order valence-electron chi connectivity index (χ4n) is 1.62. The zero-order chi connectivity index (χ0) is 13.4. The number of carbonyl (C=O) groups is 1. The summed E-state index contributed by atoms with van der Waals surface area (Å²) >= 11 is 0. The molecule has 3 heteroatoms. The van der Waals surface area contributed by atoms with E-state index in [4.69, 9.17) is 4.74 Å². The molecule has 0 bridgehead atoms. The lowest BCUT2D eigenvalue weighted by molar-refractivity contribution is 0.135. The summed E-state index contributed by atoms with van der Waals surface area (Å²) in [5.41, 5.74) is 1.00. The maximum absolute atomic E-state index is 11.5. The highest BCUT2D eigenvalue weighted by Crippen LogP contribution is 2.07. The van der Waals surface area contributed by atoms with Gasteiger partial charge in [-0.05, 0) is 31.2 Å². The second-order valence-electron chi connectivity index (χ2n) is 5.08. The molecule has 1 aromatic carbocycles. The van der Waals surface area contributed by atoms with Crippen molar-refractivity contribution in [3.63, 3.8) is 0 Å². The van der Waals surface area contributed by atoms with Gasteiger partial charge in [-0.15, -0.1) is 0 Å². The van der Waals surface area contributed by atoms with Crippen molar-refractivity contribution in [2.75, 3.05) is 0 Å². The Morgan fingerprint density at radius 3 is 2.44 bits per heavy atom. The van der Waals surface area contributed by atoms with Gasteiger partial charge in [-0.25, -0.2) is 4.79 Å². The van der Waals surface area contributed by atoms with Crippen LogP contribution in [0.2, 0.25) is 0 Å².